The molecule has 0 spiro atoms. The summed E-state index contributed by atoms with van der Waals surface area (Å²) in [6.45, 7) is 1.57. The SMILES string of the molecule is C[C@@H](C(=O)Nc1nc(-c2ccccc2Cl)cs1)N1C(=O)[C@H]2CC=CC[C@H]2C1=O. The molecule has 2 aromatic rings. The molecule has 1 aliphatic carbocycles. The Morgan fingerprint density at radius 2 is 1.86 bits per heavy atom. The number of nitrogens with zero attached hydrogens (tertiary/aromatic N) is 2. The van der Waals surface area contributed by atoms with Gasteiger partial charge in [0.15, 0.2) is 5.13 Å². The molecule has 6 nitrogen and oxygen atoms in total. The number of rotatable bonds is 4. The molecule has 1 aromatic carbocycles. The summed E-state index contributed by atoms with van der Waals surface area (Å²) in [7, 11) is 0. The Morgan fingerprint density at radius 3 is 2.50 bits per heavy atom. The minimum absolute atomic E-state index is 0.266. The van der Waals surface area contributed by atoms with Gasteiger partial charge in [-0.15, -0.1) is 11.3 Å². The third-order valence-corrected chi connectivity index (χ3v) is 6.28. The number of allylic oxidation sites excluding steroid dienone is 2. The molecule has 3 amide bonds. The first-order valence-electron chi connectivity index (χ1n) is 9.00. The predicted molar refractivity (Wildman–Crippen MR) is 108 cm³/mol. The minimum Gasteiger partial charge on any atom is -0.300 e. The summed E-state index contributed by atoms with van der Waals surface area (Å²) in [5, 5.41) is 5.48. The van der Waals surface area contributed by atoms with E-state index in [1.54, 1.807) is 18.4 Å². The van der Waals surface area contributed by atoms with Crippen molar-refractivity contribution in [3.8, 4) is 11.3 Å². The first kappa shape index (κ1) is 18.8. The van der Waals surface area contributed by atoms with Gasteiger partial charge in [-0.25, -0.2) is 4.98 Å². The van der Waals surface area contributed by atoms with Crippen LogP contribution in [0.5, 0.6) is 0 Å². The lowest BCUT2D eigenvalue weighted by Crippen LogP contribution is -2.46. The summed E-state index contributed by atoms with van der Waals surface area (Å²) < 4.78 is 0. The highest BCUT2D eigenvalue weighted by atomic mass is 35.5. The number of fused-ring (bicyclic) bond motifs is 1. The van der Waals surface area contributed by atoms with E-state index in [1.165, 1.54) is 11.3 Å². The van der Waals surface area contributed by atoms with Crippen molar-refractivity contribution in [2.75, 3.05) is 5.32 Å². The van der Waals surface area contributed by atoms with Gasteiger partial charge in [-0.2, -0.15) is 0 Å². The number of amides is 3. The summed E-state index contributed by atoms with van der Waals surface area (Å²) >= 11 is 7.46. The predicted octanol–water partition coefficient (Wildman–Crippen LogP) is 3.74. The van der Waals surface area contributed by atoms with Gasteiger partial charge in [-0.05, 0) is 25.8 Å². The number of anilines is 1. The molecule has 1 aromatic heterocycles. The van der Waals surface area contributed by atoms with Gasteiger partial charge in [0.2, 0.25) is 17.7 Å². The lowest BCUT2D eigenvalue weighted by molar-refractivity contribution is -0.146. The van der Waals surface area contributed by atoms with Crippen molar-refractivity contribution in [3.63, 3.8) is 0 Å². The highest BCUT2D eigenvalue weighted by Crippen LogP contribution is 2.36. The Kier molecular flexibility index (Phi) is 5.03. The van der Waals surface area contributed by atoms with E-state index in [0.717, 1.165) is 10.5 Å². The Hall–Kier alpha value is -2.51. The van der Waals surface area contributed by atoms with Crippen LogP contribution in [0.25, 0.3) is 11.3 Å². The number of carbonyl (C=O) groups is 3. The van der Waals surface area contributed by atoms with Crippen molar-refractivity contribution < 1.29 is 14.4 Å². The second-order valence-corrected chi connectivity index (χ2v) is 8.15. The van der Waals surface area contributed by atoms with Crippen molar-refractivity contribution in [1.82, 2.24) is 9.88 Å². The van der Waals surface area contributed by atoms with Gasteiger partial charge in [-0.1, -0.05) is 42.0 Å². The van der Waals surface area contributed by atoms with Crippen molar-refractivity contribution >= 4 is 45.8 Å². The van der Waals surface area contributed by atoms with E-state index in [0.29, 0.717) is 28.7 Å². The van der Waals surface area contributed by atoms with Crippen LogP contribution in [0, 0.1) is 11.8 Å². The molecule has 1 saturated heterocycles. The number of thiazole rings is 1. The molecule has 0 saturated carbocycles. The molecule has 144 valence electrons. The third-order valence-electron chi connectivity index (χ3n) is 5.19. The molecular weight excluding hydrogens is 398 g/mol. The van der Waals surface area contributed by atoms with Gasteiger partial charge in [0.1, 0.15) is 6.04 Å². The van der Waals surface area contributed by atoms with Crippen molar-refractivity contribution in [3.05, 3.63) is 46.8 Å². The molecule has 2 heterocycles. The monoisotopic (exact) mass is 415 g/mol. The number of halogens is 1. The molecule has 0 radical (unpaired) electrons. The lowest BCUT2D eigenvalue weighted by atomic mass is 9.85. The number of hydrogen-bond acceptors (Lipinski definition) is 5. The van der Waals surface area contributed by atoms with E-state index in [2.05, 4.69) is 10.3 Å². The second kappa shape index (κ2) is 7.48. The van der Waals surface area contributed by atoms with Crippen LogP contribution in [-0.2, 0) is 14.4 Å². The molecule has 8 heteroatoms. The number of imide groups is 1. The summed E-state index contributed by atoms with van der Waals surface area (Å²) in [6, 6.07) is 6.43. The van der Waals surface area contributed by atoms with Gasteiger partial charge in [0, 0.05) is 16.0 Å². The van der Waals surface area contributed by atoms with Crippen LogP contribution in [0.3, 0.4) is 0 Å². The summed E-state index contributed by atoms with van der Waals surface area (Å²) in [4.78, 5) is 43.5. The number of benzene rings is 1. The minimum atomic E-state index is -0.890. The molecule has 28 heavy (non-hydrogen) atoms. The maximum Gasteiger partial charge on any atom is 0.249 e. The van der Waals surface area contributed by atoms with E-state index in [-0.39, 0.29) is 23.7 Å². The smallest absolute Gasteiger partial charge is 0.249 e. The Morgan fingerprint density at radius 1 is 1.21 bits per heavy atom. The van der Waals surface area contributed by atoms with Crippen LogP contribution in [0.2, 0.25) is 5.02 Å². The van der Waals surface area contributed by atoms with Crippen LogP contribution >= 0.6 is 22.9 Å². The average molecular weight is 416 g/mol. The highest BCUT2D eigenvalue weighted by molar-refractivity contribution is 7.14. The van der Waals surface area contributed by atoms with E-state index < -0.39 is 11.9 Å². The summed E-state index contributed by atoms with van der Waals surface area (Å²) in [5.41, 5.74) is 1.43. The fourth-order valence-electron chi connectivity index (χ4n) is 3.66. The molecule has 1 N–H and O–H groups in total. The number of carbonyl (C=O) groups excluding carboxylic acids is 3. The van der Waals surface area contributed by atoms with Crippen LogP contribution in [0.1, 0.15) is 19.8 Å². The number of likely N-dealkylation sites (tertiary alicyclic amines) is 1. The van der Waals surface area contributed by atoms with Gasteiger partial charge < -0.3 is 5.32 Å². The van der Waals surface area contributed by atoms with Crippen molar-refractivity contribution in [2.24, 2.45) is 11.8 Å². The lowest BCUT2D eigenvalue weighted by Gasteiger charge is -2.21. The van der Waals surface area contributed by atoms with Crippen LogP contribution < -0.4 is 5.32 Å². The Balaban J connectivity index is 1.48. The second-order valence-electron chi connectivity index (χ2n) is 6.89. The van der Waals surface area contributed by atoms with E-state index >= 15 is 0 Å². The highest BCUT2D eigenvalue weighted by Gasteiger charge is 2.50. The van der Waals surface area contributed by atoms with E-state index in [9.17, 15) is 14.4 Å². The largest absolute Gasteiger partial charge is 0.300 e. The van der Waals surface area contributed by atoms with E-state index in [1.807, 2.05) is 30.4 Å². The van der Waals surface area contributed by atoms with Gasteiger partial charge in [0.25, 0.3) is 0 Å². The fraction of sp³-hybridized carbons (Fsp3) is 0.300. The number of aromatic nitrogens is 1. The maximum atomic E-state index is 12.7. The Bertz CT molecular complexity index is 961. The Labute approximate surface area is 171 Å². The number of nitrogens with one attached hydrogen (secondary N) is 1. The topological polar surface area (TPSA) is 79.4 Å². The first-order valence-corrected chi connectivity index (χ1v) is 10.3. The van der Waals surface area contributed by atoms with Crippen molar-refractivity contribution in [1.29, 1.82) is 0 Å². The number of hydrogen-bond donors (Lipinski definition) is 1. The maximum absolute atomic E-state index is 12.7. The summed E-state index contributed by atoms with van der Waals surface area (Å²) in [5.74, 6) is -1.66. The average Bonchev–Trinajstić information content (AvgIpc) is 3.25. The molecule has 4 rings (SSSR count). The fourth-order valence-corrected chi connectivity index (χ4v) is 4.60. The molecule has 0 bridgehead atoms. The molecular formula is C20H18ClN3O3S. The van der Waals surface area contributed by atoms with Crippen LogP contribution in [0.15, 0.2) is 41.8 Å². The molecule has 3 atom stereocenters. The van der Waals surface area contributed by atoms with Crippen molar-refractivity contribution in [2.45, 2.75) is 25.8 Å². The molecule has 2 aliphatic rings. The molecule has 1 fully saturated rings. The molecule has 0 unspecified atom stereocenters. The molecule has 1 aliphatic heterocycles. The van der Waals surface area contributed by atoms with E-state index in [4.69, 9.17) is 11.6 Å². The zero-order valence-electron chi connectivity index (χ0n) is 15.1. The summed E-state index contributed by atoms with van der Waals surface area (Å²) in [6.07, 6.45) is 4.94. The third kappa shape index (κ3) is 3.25. The zero-order valence-corrected chi connectivity index (χ0v) is 16.7. The van der Waals surface area contributed by atoms with Crippen LogP contribution in [-0.4, -0.2) is 33.6 Å². The zero-order chi connectivity index (χ0) is 19.8. The first-order chi connectivity index (χ1) is 13.5. The quantitative estimate of drug-likeness (QED) is 0.609. The van der Waals surface area contributed by atoms with Gasteiger partial charge >= 0.3 is 0 Å². The normalized spacial score (nSPS) is 22.3. The standard InChI is InChI=1S/C20H18ClN3O3S/c1-11(24-18(26)12-6-2-3-7-13(12)19(24)27)17(25)23-20-22-16(10-28-20)14-8-4-5-9-15(14)21/h2-5,8-13H,6-7H2,1H3,(H,22,23,25)/t11-,12-,13+/m0/s1. The van der Waals surface area contributed by atoms with Crippen LogP contribution in [0.4, 0.5) is 5.13 Å². The van der Waals surface area contributed by atoms with Gasteiger partial charge in [-0.3, -0.25) is 19.3 Å². The van der Waals surface area contributed by atoms with Gasteiger partial charge in [0.05, 0.1) is 17.5 Å².